The molecule has 1 saturated heterocycles. The van der Waals surface area contributed by atoms with Gasteiger partial charge in [0.15, 0.2) is 5.78 Å². The van der Waals surface area contributed by atoms with Gasteiger partial charge in [0.05, 0.1) is 17.4 Å². The Balaban J connectivity index is 1.93. The van der Waals surface area contributed by atoms with E-state index in [2.05, 4.69) is 5.32 Å². The van der Waals surface area contributed by atoms with Crippen molar-refractivity contribution in [2.45, 2.75) is 45.1 Å². The van der Waals surface area contributed by atoms with Crippen molar-refractivity contribution in [3.05, 3.63) is 29.3 Å². The fraction of sp³-hybridized carbons (Fsp3) is 0.529. The third-order valence-corrected chi connectivity index (χ3v) is 4.74. The van der Waals surface area contributed by atoms with E-state index in [1.165, 1.54) is 0 Å². The summed E-state index contributed by atoms with van der Waals surface area (Å²) in [4.78, 5) is 24.7. The fourth-order valence-electron chi connectivity index (χ4n) is 3.29. The van der Waals surface area contributed by atoms with Crippen molar-refractivity contribution >= 4 is 17.4 Å². The number of hydrogen-bond donors (Lipinski definition) is 1. The lowest BCUT2D eigenvalue weighted by Gasteiger charge is -2.18. The first-order chi connectivity index (χ1) is 9.95. The highest BCUT2D eigenvalue weighted by Crippen LogP contribution is 2.38. The molecule has 2 unspecified atom stereocenters. The van der Waals surface area contributed by atoms with E-state index in [9.17, 15) is 9.59 Å². The van der Waals surface area contributed by atoms with Gasteiger partial charge < -0.3 is 10.1 Å². The zero-order valence-corrected chi connectivity index (χ0v) is 12.7. The van der Waals surface area contributed by atoms with Crippen LogP contribution in [-0.4, -0.2) is 24.4 Å². The van der Waals surface area contributed by atoms with Gasteiger partial charge in [-0.3, -0.25) is 9.59 Å². The molecule has 4 heteroatoms. The predicted octanol–water partition coefficient (Wildman–Crippen LogP) is 2.91. The number of hydrogen-bond acceptors (Lipinski definition) is 3. The minimum Gasteiger partial charge on any atom is -0.377 e. The van der Waals surface area contributed by atoms with Crippen LogP contribution in [0.4, 0.5) is 5.69 Å². The van der Waals surface area contributed by atoms with Gasteiger partial charge in [0.25, 0.3) is 0 Å². The number of amides is 1. The lowest BCUT2D eigenvalue weighted by atomic mass is 9.83. The molecule has 0 aliphatic carbocycles. The molecule has 1 amide bonds. The molecule has 2 atom stereocenters. The molecule has 4 nitrogen and oxygen atoms in total. The summed E-state index contributed by atoms with van der Waals surface area (Å²) >= 11 is 0. The molecule has 1 aromatic rings. The second-order valence-electron chi connectivity index (χ2n) is 6.42. The van der Waals surface area contributed by atoms with Gasteiger partial charge in [-0.1, -0.05) is 6.92 Å². The van der Waals surface area contributed by atoms with Crippen molar-refractivity contribution in [2.75, 3.05) is 11.9 Å². The Hall–Kier alpha value is -1.68. The Kier molecular flexibility index (Phi) is 3.36. The average Bonchev–Trinajstić information content (AvgIpc) is 3.02. The molecule has 0 spiro atoms. The topological polar surface area (TPSA) is 55.4 Å². The van der Waals surface area contributed by atoms with E-state index in [1.807, 2.05) is 39.0 Å². The normalized spacial score (nSPS) is 26.5. The number of benzene rings is 1. The molecule has 0 radical (unpaired) electrons. The summed E-state index contributed by atoms with van der Waals surface area (Å²) in [6, 6.07) is 5.53. The number of anilines is 1. The molecule has 2 aliphatic rings. The van der Waals surface area contributed by atoms with Gasteiger partial charge in [-0.2, -0.15) is 0 Å². The lowest BCUT2D eigenvalue weighted by molar-refractivity contribution is -0.119. The Labute approximate surface area is 124 Å². The molecule has 21 heavy (non-hydrogen) atoms. The Morgan fingerprint density at radius 1 is 1.43 bits per heavy atom. The number of Topliss-reactive ketones (excluding diaryl/α,β-unsaturated/α-hetero) is 1. The molecule has 1 N–H and O–H groups in total. The van der Waals surface area contributed by atoms with E-state index in [-0.39, 0.29) is 23.7 Å². The van der Waals surface area contributed by atoms with Crippen molar-refractivity contribution < 1.29 is 14.3 Å². The zero-order valence-electron chi connectivity index (χ0n) is 12.7. The van der Waals surface area contributed by atoms with Crippen LogP contribution in [-0.2, 0) is 14.9 Å². The van der Waals surface area contributed by atoms with Gasteiger partial charge in [0, 0.05) is 17.9 Å². The molecule has 0 aromatic heterocycles. The van der Waals surface area contributed by atoms with Crippen LogP contribution in [0.15, 0.2) is 18.2 Å². The van der Waals surface area contributed by atoms with Gasteiger partial charge in [-0.25, -0.2) is 0 Å². The maximum atomic E-state index is 12.7. The number of fused-ring (bicyclic) bond motifs is 1. The molecule has 2 heterocycles. The zero-order chi connectivity index (χ0) is 15.2. The predicted molar refractivity (Wildman–Crippen MR) is 80.6 cm³/mol. The Bertz CT molecular complexity index is 606. The SMILES string of the molecule is CCC1OCCC1C(=O)c1ccc2c(c1)C(C)(C)C(=O)N2. The standard InChI is InChI=1S/C17H21NO3/c1-4-14-11(7-8-21-14)15(19)10-5-6-13-12(9-10)17(2,3)16(20)18-13/h5-6,9,11,14H,4,7-8H2,1-3H3,(H,18,20). The van der Waals surface area contributed by atoms with Crippen LogP contribution in [0.2, 0.25) is 0 Å². The van der Waals surface area contributed by atoms with Crippen LogP contribution in [0.25, 0.3) is 0 Å². The van der Waals surface area contributed by atoms with Gasteiger partial charge in [0.1, 0.15) is 0 Å². The van der Waals surface area contributed by atoms with Crippen molar-refractivity contribution in [3.8, 4) is 0 Å². The third kappa shape index (κ3) is 2.18. The van der Waals surface area contributed by atoms with E-state index in [0.717, 1.165) is 24.1 Å². The number of rotatable bonds is 3. The molecule has 0 saturated carbocycles. The van der Waals surface area contributed by atoms with E-state index in [0.29, 0.717) is 12.2 Å². The second-order valence-corrected chi connectivity index (χ2v) is 6.42. The van der Waals surface area contributed by atoms with Crippen LogP contribution in [0.1, 0.15) is 49.5 Å². The van der Waals surface area contributed by atoms with Gasteiger partial charge in [-0.15, -0.1) is 0 Å². The highest BCUT2D eigenvalue weighted by molar-refractivity contribution is 6.07. The lowest BCUT2D eigenvalue weighted by Crippen LogP contribution is -2.27. The summed E-state index contributed by atoms with van der Waals surface area (Å²) in [5.74, 6) is 0.0660. The average molecular weight is 287 g/mol. The van der Waals surface area contributed by atoms with Crippen LogP contribution >= 0.6 is 0 Å². The summed E-state index contributed by atoms with van der Waals surface area (Å²) in [5.41, 5.74) is 1.83. The smallest absolute Gasteiger partial charge is 0.234 e. The molecule has 1 aromatic carbocycles. The van der Waals surface area contributed by atoms with Crippen LogP contribution in [0.3, 0.4) is 0 Å². The van der Waals surface area contributed by atoms with Gasteiger partial charge in [-0.05, 0) is 50.5 Å². The molecule has 3 rings (SSSR count). The number of ketones is 1. The summed E-state index contributed by atoms with van der Waals surface area (Å²) in [5, 5.41) is 2.87. The fourth-order valence-corrected chi connectivity index (χ4v) is 3.29. The largest absolute Gasteiger partial charge is 0.377 e. The minimum absolute atomic E-state index is 0.0160. The van der Waals surface area contributed by atoms with Crippen molar-refractivity contribution in [3.63, 3.8) is 0 Å². The Morgan fingerprint density at radius 3 is 2.90 bits per heavy atom. The molecular weight excluding hydrogens is 266 g/mol. The minimum atomic E-state index is -0.581. The second kappa shape index (κ2) is 4.95. The van der Waals surface area contributed by atoms with Crippen LogP contribution in [0, 0.1) is 5.92 Å². The number of carbonyl (C=O) groups excluding carboxylic acids is 2. The number of carbonyl (C=O) groups is 2. The molecule has 0 bridgehead atoms. The van der Waals surface area contributed by atoms with Crippen molar-refractivity contribution in [1.82, 2.24) is 0 Å². The molecular formula is C17H21NO3. The van der Waals surface area contributed by atoms with Gasteiger partial charge in [0.2, 0.25) is 5.91 Å². The highest BCUT2D eigenvalue weighted by atomic mass is 16.5. The summed E-state index contributed by atoms with van der Waals surface area (Å²) in [6.07, 6.45) is 1.67. The van der Waals surface area contributed by atoms with Crippen molar-refractivity contribution in [2.24, 2.45) is 5.92 Å². The van der Waals surface area contributed by atoms with E-state index in [4.69, 9.17) is 4.74 Å². The Morgan fingerprint density at radius 2 is 2.19 bits per heavy atom. The number of nitrogens with one attached hydrogen (secondary N) is 1. The first kappa shape index (κ1) is 14.3. The first-order valence-corrected chi connectivity index (χ1v) is 7.57. The monoisotopic (exact) mass is 287 g/mol. The molecule has 1 fully saturated rings. The quantitative estimate of drug-likeness (QED) is 0.870. The third-order valence-electron chi connectivity index (χ3n) is 4.74. The highest BCUT2D eigenvalue weighted by Gasteiger charge is 2.39. The van der Waals surface area contributed by atoms with Crippen LogP contribution < -0.4 is 5.32 Å². The first-order valence-electron chi connectivity index (χ1n) is 7.57. The molecule has 2 aliphatic heterocycles. The summed E-state index contributed by atoms with van der Waals surface area (Å²) in [6.45, 7) is 6.47. The summed E-state index contributed by atoms with van der Waals surface area (Å²) in [7, 11) is 0. The van der Waals surface area contributed by atoms with E-state index < -0.39 is 5.41 Å². The van der Waals surface area contributed by atoms with Crippen molar-refractivity contribution in [1.29, 1.82) is 0 Å². The van der Waals surface area contributed by atoms with E-state index >= 15 is 0 Å². The molecule has 112 valence electrons. The van der Waals surface area contributed by atoms with E-state index in [1.54, 1.807) is 0 Å². The van der Waals surface area contributed by atoms with Gasteiger partial charge >= 0.3 is 0 Å². The summed E-state index contributed by atoms with van der Waals surface area (Å²) < 4.78 is 5.62. The maximum absolute atomic E-state index is 12.7. The van der Waals surface area contributed by atoms with Crippen LogP contribution in [0.5, 0.6) is 0 Å². The maximum Gasteiger partial charge on any atom is 0.234 e. The number of ether oxygens (including phenoxy) is 1.